The van der Waals surface area contributed by atoms with Crippen molar-refractivity contribution >= 4 is 11.7 Å². The number of anilines is 1. The molecule has 5 nitrogen and oxygen atoms in total. The van der Waals surface area contributed by atoms with Crippen molar-refractivity contribution in [1.29, 1.82) is 0 Å². The lowest BCUT2D eigenvalue weighted by Crippen LogP contribution is -2.29. The monoisotopic (exact) mass is 310 g/mol. The summed E-state index contributed by atoms with van der Waals surface area (Å²) in [7, 11) is 0. The maximum absolute atomic E-state index is 12.3. The summed E-state index contributed by atoms with van der Waals surface area (Å²) in [4.78, 5) is 14.2. The van der Waals surface area contributed by atoms with Crippen LogP contribution in [0.1, 0.15) is 35.0 Å². The van der Waals surface area contributed by atoms with Gasteiger partial charge in [-0.2, -0.15) is 0 Å². The molecule has 1 saturated heterocycles. The smallest absolute Gasteiger partial charge is 0.274 e. The minimum atomic E-state index is -0.0212. The van der Waals surface area contributed by atoms with Crippen LogP contribution in [0.5, 0.6) is 0 Å². The second-order valence-electron chi connectivity index (χ2n) is 6.29. The third-order valence-corrected chi connectivity index (χ3v) is 4.15. The van der Waals surface area contributed by atoms with Crippen LogP contribution in [-0.4, -0.2) is 34.1 Å². The average Bonchev–Trinajstić information content (AvgIpc) is 2.99. The molecule has 1 aromatic carbocycles. The first-order chi connectivity index (χ1) is 11.1. The van der Waals surface area contributed by atoms with Gasteiger partial charge in [-0.15, -0.1) is 10.2 Å². The quantitative estimate of drug-likeness (QED) is 0.943. The third-order valence-electron chi connectivity index (χ3n) is 4.15. The number of aryl methyl sites for hydroxylation is 1. The standard InChI is InChI=1S/C18H22N4O/c1-13-4-3-5-15(10-13)11-19-17-7-6-16(20-21-17)18(23)22-9-8-14(2)12-22/h3-7,10,14H,8-9,11-12H2,1-2H3,(H,19,21). The number of nitrogens with zero attached hydrogens (tertiary/aromatic N) is 3. The van der Waals surface area contributed by atoms with E-state index in [1.54, 1.807) is 6.07 Å². The molecule has 2 aromatic rings. The average molecular weight is 310 g/mol. The molecule has 0 saturated carbocycles. The maximum atomic E-state index is 12.3. The summed E-state index contributed by atoms with van der Waals surface area (Å²) in [6.07, 6.45) is 1.06. The van der Waals surface area contributed by atoms with Gasteiger partial charge in [0.2, 0.25) is 0 Å². The van der Waals surface area contributed by atoms with Gasteiger partial charge >= 0.3 is 0 Å². The Balaban J connectivity index is 1.59. The summed E-state index contributed by atoms with van der Waals surface area (Å²) < 4.78 is 0. The van der Waals surface area contributed by atoms with Crippen molar-refractivity contribution in [2.75, 3.05) is 18.4 Å². The second kappa shape index (κ2) is 6.77. The molecule has 1 atom stereocenters. The Bertz CT molecular complexity index is 684. The van der Waals surface area contributed by atoms with E-state index >= 15 is 0 Å². The molecule has 23 heavy (non-hydrogen) atoms. The fourth-order valence-corrected chi connectivity index (χ4v) is 2.84. The molecular weight excluding hydrogens is 288 g/mol. The fourth-order valence-electron chi connectivity index (χ4n) is 2.84. The van der Waals surface area contributed by atoms with Crippen LogP contribution in [0.25, 0.3) is 0 Å². The van der Waals surface area contributed by atoms with Crippen molar-refractivity contribution < 1.29 is 4.79 Å². The first kappa shape index (κ1) is 15.5. The molecular formula is C18H22N4O. The summed E-state index contributed by atoms with van der Waals surface area (Å²) in [6.45, 7) is 6.55. The van der Waals surface area contributed by atoms with Crippen LogP contribution in [0, 0.1) is 12.8 Å². The van der Waals surface area contributed by atoms with Crippen molar-refractivity contribution in [3.05, 3.63) is 53.2 Å². The highest BCUT2D eigenvalue weighted by Crippen LogP contribution is 2.17. The predicted molar refractivity (Wildman–Crippen MR) is 90.2 cm³/mol. The van der Waals surface area contributed by atoms with Crippen LogP contribution < -0.4 is 5.32 Å². The zero-order chi connectivity index (χ0) is 16.2. The van der Waals surface area contributed by atoms with E-state index in [2.05, 4.69) is 47.6 Å². The molecule has 1 aromatic heterocycles. The SMILES string of the molecule is Cc1cccc(CNc2ccc(C(=O)N3CCC(C)C3)nn2)c1. The normalized spacial score (nSPS) is 17.3. The van der Waals surface area contributed by atoms with Crippen LogP contribution in [0.2, 0.25) is 0 Å². The molecule has 1 fully saturated rings. The Kier molecular flexibility index (Phi) is 4.55. The van der Waals surface area contributed by atoms with Crippen LogP contribution in [0.3, 0.4) is 0 Å². The molecule has 120 valence electrons. The highest BCUT2D eigenvalue weighted by Gasteiger charge is 2.25. The Hall–Kier alpha value is -2.43. The Morgan fingerprint density at radius 1 is 1.30 bits per heavy atom. The molecule has 1 amide bonds. The highest BCUT2D eigenvalue weighted by molar-refractivity contribution is 5.92. The summed E-state index contributed by atoms with van der Waals surface area (Å²) in [5, 5.41) is 11.4. The molecule has 1 N–H and O–H groups in total. The van der Waals surface area contributed by atoms with Gasteiger partial charge in [0.1, 0.15) is 5.82 Å². The number of aromatic nitrogens is 2. The number of amides is 1. The molecule has 1 aliphatic heterocycles. The number of rotatable bonds is 4. The fraction of sp³-hybridized carbons (Fsp3) is 0.389. The van der Waals surface area contributed by atoms with Crippen LogP contribution in [0.4, 0.5) is 5.82 Å². The third kappa shape index (κ3) is 3.86. The van der Waals surface area contributed by atoms with E-state index in [1.807, 2.05) is 17.0 Å². The minimum absolute atomic E-state index is 0.0212. The van der Waals surface area contributed by atoms with Gasteiger partial charge in [0, 0.05) is 19.6 Å². The van der Waals surface area contributed by atoms with Gasteiger partial charge in [0.15, 0.2) is 5.69 Å². The molecule has 1 aliphatic rings. The summed E-state index contributed by atoms with van der Waals surface area (Å²) in [5.41, 5.74) is 2.84. The van der Waals surface area contributed by atoms with E-state index in [-0.39, 0.29) is 5.91 Å². The van der Waals surface area contributed by atoms with Crippen molar-refractivity contribution in [2.45, 2.75) is 26.8 Å². The number of hydrogen-bond donors (Lipinski definition) is 1. The number of carbonyl (C=O) groups excluding carboxylic acids is 1. The largest absolute Gasteiger partial charge is 0.365 e. The van der Waals surface area contributed by atoms with Gasteiger partial charge in [-0.05, 0) is 37.0 Å². The maximum Gasteiger partial charge on any atom is 0.274 e. The summed E-state index contributed by atoms with van der Waals surface area (Å²) >= 11 is 0. The Morgan fingerprint density at radius 3 is 2.83 bits per heavy atom. The lowest BCUT2D eigenvalue weighted by molar-refractivity contribution is 0.0781. The van der Waals surface area contributed by atoms with E-state index < -0.39 is 0 Å². The number of carbonyl (C=O) groups is 1. The molecule has 0 aliphatic carbocycles. The van der Waals surface area contributed by atoms with Gasteiger partial charge in [0.05, 0.1) is 0 Å². The molecule has 0 spiro atoms. The molecule has 0 bridgehead atoms. The lowest BCUT2D eigenvalue weighted by Gasteiger charge is -2.15. The van der Waals surface area contributed by atoms with Gasteiger partial charge < -0.3 is 10.2 Å². The number of hydrogen-bond acceptors (Lipinski definition) is 4. The number of benzene rings is 1. The van der Waals surface area contributed by atoms with Crippen molar-refractivity contribution in [1.82, 2.24) is 15.1 Å². The van der Waals surface area contributed by atoms with Crippen LogP contribution in [0.15, 0.2) is 36.4 Å². The highest BCUT2D eigenvalue weighted by atomic mass is 16.2. The van der Waals surface area contributed by atoms with E-state index in [1.165, 1.54) is 11.1 Å². The van der Waals surface area contributed by atoms with Crippen LogP contribution in [-0.2, 0) is 6.54 Å². The van der Waals surface area contributed by atoms with E-state index in [4.69, 9.17) is 0 Å². The predicted octanol–water partition coefficient (Wildman–Crippen LogP) is 2.88. The molecule has 0 radical (unpaired) electrons. The van der Waals surface area contributed by atoms with Crippen molar-refractivity contribution in [2.24, 2.45) is 5.92 Å². The number of likely N-dealkylation sites (tertiary alicyclic amines) is 1. The van der Waals surface area contributed by atoms with Crippen molar-refractivity contribution in [3.63, 3.8) is 0 Å². The number of nitrogens with one attached hydrogen (secondary N) is 1. The Morgan fingerprint density at radius 2 is 2.17 bits per heavy atom. The van der Waals surface area contributed by atoms with E-state index in [0.29, 0.717) is 24.0 Å². The molecule has 3 rings (SSSR count). The first-order valence-corrected chi connectivity index (χ1v) is 8.04. The van der Waals surface area contributed by atoms with Crippen molar-refractivity contribution in [3.8, 4) is 0 Å². The van der Waals surface area contributed by atoms with Gasteiger partial charge in [-0.1, -0.05) is 36.8 Å². The van der Waals surface area contributed by atoms with Gasteiger partial charge in [-0.3, -0.25) is 4.79 Å². The molecule has 5 heteroatoms. The zero-order valence-electron chi connectivity index (χ0n) is 13.6. The van der Waals surface area contributed by atoms with E-state index in [9.17, 15) is 4.79 Å². The summed E-state index contributed by atoms with van der Waals surface area (Å²) in [5.74, 6) is 1.23. The second-order valence-corrected chi connectivity index (χ2v) is 6.29. The van der Waals surface area contributed by atoms with E-state index in [0.717, 1.165) is 19.5 Å². The first-order valence-electron chi connectivity index (χ1n) is 8.04. The summed E-state index contributed by atoms with van der Waals surface area (Å²) in [6, 6.07) is 11.9. The van der Waals surface area contributed by atoms with Gasteiger partial charge in [0.25, 0.3) is 5.91 Å². The molecule has 1 unspecified atom stereocenters. The molecule has 2 heterocycles. The van der Waals surface area contributed by atoms with Gasteiger partial charge in [-0.25, -0.2) is 0 Å². The lowest BCUT2D eigenvalue weighted by atomic mass is 10.1. The Labute approximate surface area is 136 Å². The minimum Gasteiger partial charge on any atom is -0.365 e. The van der Waals surface area contributed by atoms with Crippen LogP contribution >= 0.6 is 0 Å². The topological polar surface area (TPSA) is 58.1 Å². The zero-order valence-corrected chi connectivity index (χ0v) is 13.6.